The van der Waals surface area contributed by atoms with Crippen molar-refractivity contribution in [3.8, 4) is 0 Å². The number of hydrogen-bond donors (Lipinski definition) is 1. The standard InChI is InChI=1S/C16H14ClN/c17-14-6-7-16-15(11-14)13(8-9-18-16)10-12-4-2-1-3-5-12/h1-8,11,18H,9-10H2. The summed E-state index contributed by atoms with van der Waals surface area (Å²) in [4.78, 5) is 0. The average molecular weight is 256 g/mol. The number of rotatable bonds is 2. The fraction of sp³-hybridized carbons (Fsp3) is 0.125. The van der Waals surface area contributed by atoms with E-state index in [-0.39, 0.29) is 0 Å². The minimum absolute atomic E-state index is 0.788. The van der Waals surface area contributed by atoms with Gasteiger partial charge in [-0.05, 0) is 35.8 Å². The first-order valence-corrected chi connectivity index (χ1v) is 6.47. The normalized spacial score (nSPS) is 13.5. The molecule has 0 saturated carbocycles. The van der Waals surface area contributed by atoms with Crippen molar-refractivity contribution in [2.75, 3.05) is 11.9 Å². The van der Waals surface area contributed by atoms with Gasteiger partial charge in [0.1, 0.15) is 0 Å². The Hall–Kier alpha value is -1.73. The summed E-state index contributed by atoms with van der Waals surface area (Å²) in [5.74, 6) is 0. The maximum Gasteiger partial charge on any atom is 0.0420 e. The first-order chi connectivity index (χ1) is 8.83. The number of nitrogens with one attached hydrogen (secondary N) is 1. The Labute approximate surface area is 112 Å². The summed E-state index contributed by atoms with van der Waals surface area (Å²) in [6.45, 7) is 0.886. The van der Waals surface area contributed by atoms with Crippen LogP contribution in [0.3, 0.4) is 0 Å². The molecule has 0 unspecified atom stereocenters. The fourth-order valence-electron chi connectivity index (χ4n) is 2.31. The van der Waals surface area contributed by atoms with E-state index in [2.05, 4.69) is 41.7 Å². The molecule has 1 heterocycles. The van der Waals surface area contributed by atoms with Crippen LogP contribution >= 0.6 is 11.6 Å². The molecule has 1 aliphatic heterocycles. The van der Waals surface area contributed by atoms with Gasteiger partial charge < -0.3 is 5.32 Å². The molecule has 0 fully saturated rings. The minimum atomic E-state index is 0.788. The fourth-order valence-corrected chi connectivity index (χ4v) is 2.49. The number of fused-ring (bicyclic) bond motifs is 1. The molecule has 0 aromatic heterocycles. The van der Waals surface area contributed by atoms with Gasteiger partial charge in [0.05, 0.1) is 0 Å². The van der Waals surface area contributed by atoms with E-state index < -0.39 is 0 Å². The van der Waals surface area contributed by atoms with E-state index in [1.165, 1.54) is 22.4 Å². The molecule has 0 atom stereocenters. The molecule has 3 rings (SSSR count). The highest BCUT2D eigenvalue weighted by Gasteiger charge is 2.12. The number of hydrogen-bond acceptors (Lipinski definition) is 1. The third-order valence-corrected chi connectivity index (χ3v) is 3.44. The smallest absolute Gasteiger partial charge is 0.0420 e. The van der Waals surface area contributed by atoms with Gasteiger partial charge in [-0.3, -0.25) is 0 Å². The van der Waals surface area contributed by atoms with Gasteiger partial charge in [0.25, 0.3) is 0 Å². The van der Waals surface area contributed by atoms with Gasteiger partial charge >= 0.3 is 0 Å². The van der Waals surface area contributed by atoms with E-state index in [0.717, 1.165) is 18.0 Å². The molecule has 2 aromatic rings. The topological polar surface area (TPSA) is 12.0 Å². The van der Waals surface area contributed by atoms with Crippen LogP contribution in [0, 0.1) is 0 Å². The van der Waals surface area contributed by atoms with Crippen LogP contribution in [-0.2, 0) is 6.42 Å². The molecular formula is C16H14ClN. The van der Waals surface area contributed by atoms with Crippen molar-refractivity contribution in [2.24, 2.45) is 0 Å². The van der Waals surface area contributed by atoms with Crippen LogP contribution in [0.25, 0.3) is 5.57 Å². The molecule has 90 valence electrons. The summed E-state index contributed by atoms with van der Waals surface area (Å²) in [5, 5.41) is 4.16. The Kier molecular flexibility index (Phi) is 3.07. The van der Waals surface area contributed by atoms with E-state index in [9.17, 15) is 0 Å². The molecule has 1 nitrogen and oxygen atoms in total. The maximum atomic E-state index is 6.09. The molecule has 0 radical (unpaired) electrons. The molecule has 2 heteroatoms. The number of allylic oxidation sites excluding steroid dienone is 1. The largest absolute Gasteiger partial charge is 0.381 e. The minimum Gasteiger partial charge on any atom is -0.381 e. The zero-order valence-electron chi connectivity index (χ0n) is 9.99. The van der Waals surface area contributed by atoms with Crippen molar-refractivity contribution in [2.45, 2.75) is 6.42 Å². The Balaban J connectivity index is 1.95. The number of benzene rings is 2. The molecule has 18 heavy (non-hydrogen) atoms. The lowest BCUT2D eigenvalue weighted by Crippen LogP contribution is -2.09. The zero-order chi connectivity index (χ0) is 12.4. The lowest BCUT2D eigenvalue weighted by molar-refractivity contribution is 1.21. The second kappa shape index (κ2) is 4.87. The van der Waals surface area contributed by atoms with Gasteiger partial charge in [-0.25, -0.2) is 0 Å². The molecular weight excluding hydrogens is 242 g/mol. The van der Waals surface area contributed by atoms with Crippen LogP contribution in [0.2, 0.25) is 5.02 Å². The molecule has 1 N–H and O–H groups in total. The number of anilines is 1. The van der Waals surface area contributed by atoms with Gasteiger partial charge in [0.2, 0.25) is 0 Å². The first kappa shape index (κ1) is 11.4. The highest BCUT2D eigenvalue weighted by Crippen LogP contribution is 2.32. The lowest BCUT2D eigenvalue weighted by Gasteiger charge is -2.19. The highest BCUT2D eigenvalue weighted by atomic mass is 35.5. The Bertz CT molecular complexity index is 587. The van der Waals surface area contributed by atoms with Crippen molar-refractivity contribution in [3.05, 3.63) is 70.8 Å². The second-order valence-electron chi connectivity index (χ2n) is 4.46. The lowest BCUT2D eigenvalue weighted by atomic mass is 9.94. The summed E-state index contributed by atoms with van der Waals surface area (Å²) in [6.07, 6.45) is 3.20. The van der Waals surface area contributed by atoms with Crippen molar-refractivity contribution < 1.29 is 0 Å². The summed E-state index contributed by atoms with van der Waals surface area (Å²) in [7, 11) is 0. The monoisotopic (exact) mass is 255 g/mol. The summed E-state index contributed by atoms with van der Waals surface area (Å²) in [6, 6.07) is 16.5. The van der Waals surface area contributed by atoms with Gasteiger partial charge in [-0.2, -0.15) is 0 Å². The van der Waals surface area contributed by atoms with Crippen molar-refractivity contribution >= 4 is 22.9 Å². The predicted molar refractivity (Wildman–Crippen MR) is 78.1 cm³/mol. The van der Waals surface area contributed by atoms with E-state index >= 15 is 0 Å². The van der Waals surface area contributed by atoms with E-state index in [1.54, 1.807) is 0 Å². The maximum absolute atomic E-state index is 6.09. The van der Waals surface area contributed by atoms with E-state index in [1.807, 2.05) is 18.2 Å². The van der Waals surface area contributed by atoms with Gasteiger partial charge in [0, 0.05) is 22.8 Å². The van der Waals surface area contributed by atoms with Gasteiger partial charge in [-0.15, -0.1) is 0 Å². The van der Waals surface area contributed by atoms with Crippen LogP contribution in [0.5, 0.6) is 0 Å². The molecule has 1 aliphatic rings. The van der Waals surface area contributed by atoms with Crippen LogP contribution in [0.4, 0.5) is 5.69 Å². The molecule has 2 aromatic carbocycles. The highest BCUT2D eigenvalue weighted by molar-refractivity contribution is 6.30. The predicted octanol–water partition coefficient (Wildman–Crippen LogP) is 4.39. The quantitative estimate of drug-likeness (QED) is 0.839. The van der Waals surface area contributed by atoms with Crippen LogP contribution < -0.4 is 5.32 Å². The van der Waals surface area contributed by atoms with Crippen LogP contribution in [0.1, 0.15) is 11.1 Å². The number of halogens is 1. The third-order valence-electron chi connectivity index (χ3n) is 3.21. The molecule has 0 bridgehead atoms. The van der Waals surface area contributed by atoms with Crippen molar-refractivity contribution in [1.82, 2.24) is 0 Å². The summed E-state index contributed by atoms with van der Waals surface area (Å²) < 4.78 is 0. The molecule has 0 aliphatic carbocycles. The summed E-state index contributed by atoms with van der Waals surface area (Å²) >= 11 is 6.09. The van der Waals surface area contributed by atoms with E-state index in [0.29, 0.717) is 0 Å². The molecule has 0 saturated heterocycles. The average Bonchev–Trinajstić information content (AvgIpc) is 2.41. The second-order valence-corrected chi connectivity index (χ2v) is 4.90. The third kappa shape index (κ3) is 2.27. The van der Waals surface area contributed by atoms with Crippen molar-refractivity contribution in [1.29, 1.82) is 0 Å². The Morgan fingerprint density at radius 1 is 1.06 bits per heavy atom. The van der Waals surface area contributed by atoms with Crippen LogP contribution in [-0.4, -0.2) is 6.54 Å². The van der Waals surface area contributed by atoms with Gasteiger partial charge in [-0.1, -0.05) is 48.0 Å². The van der Waals surface area contributed by atoms with Crippen molar-refractivity contribution in [3.63, 3.8) is 0 Å². The zero-order valence-corrected chi connectivity index (χ0v) is 10.7. The summed E-state index contributed by atoms with van der Waals surface area (Å²) in [5.41, 5.74) is 5.07. The Morgan fingerprint density at radius 2 is 1.89 bits per heavy atom. The first-order valence-electron chi connectivity index (χ1n) is 6.10. The van der Waals surface area contributed by atoms with E-state index in [4.69, 9.17) is 11.6 Å². The Morgan fingerprint density at radius 3 is 2.72 bits per heavy atom. The molecule has 0 spiro atoms. The molecule has 0 amide bonds. The van der Waals surface area contributed by atoms with Gasteiger partial charge in [0.15, 0.2) is 0 Å². The van der Waals surface area contributed by atoms with Crippen LogP contribution in [0.15, 0.2) is 54.6 Å². The SMILES string of the molecule is Clc1ccc2c(c1)C(Cc1ccccc1)=CCN2.